The Bertz CT molecular complexity index is 997. The van der Waals surface area contributed by atoms with E-state index in [1.807, 2.05) is 30.3 Å². The molecule has 3 heterocycles. The van der Waals surface area contributed by atoms with Crippen molar-refractivity contribution in [3.63, 3.8) is 0 Å². The Morgan fingerprint density at radius 1 is 0.727 bits per heavy atom. The number of carbonyl (C=O) groups is 1. The highest BCUT2D eigenvalue weighted by Crippen LogP contribution is 2.25. The third kappa shape index (κ3) is 1.93. The van der Waals surface area contributed by atoms with Crippen molar-refractivity contribution in [3.8, 4) is 0 Å². The minimum absolute atomic E-state index is 0.191. The molecule has 0 bridgehead atoms. The molecule has 0 unspecified atom stereocenters. The maximum absolute atomic E-state index is 12.6. The van der Waals surface area contributed by atoms with E-state index in [0.29, 0.717) is 11.4 Å². The normalized spacial score (nSPS) is 10.9. The second-order valence-corrected chi connectivity index (χ2v) is 4.94. The molecule has 0 atom stereocenters. The van der Waals surface area contributed by atoms with Crippen LogP contribution >= 0.6 is 0 Å². The highest BCUT2D eigenvalue weighted by atomic mass is 16.1. The number of carbonyl (C=O) groups excluding carboxylic acids is 1. The summed E-state index contributed by atoms with van der Waals surface area (Å²) in [6.07, 6.45) is 4.97. The Morgan fingerprint density at radius 2 is 1.59 bits per heavy atom. The molecule has 104 valence electrons. The van der Waals surface area contributed by atoms with Crippen molar-refractivity contribution in [3.05, 3.63) is 78.5 Å². The van der Waals surface area contributed by atoms with Crippen molar-refractivity contribution in [1.29, 1.82) is 0 Å². The molecule has 4 nitrogen and oxygen atoms in total. The molecule has 0 N–H and O–H groups in total. The third-order valence-electron chi connectivity index (χ3n) is 3.63. The molecule has 0 amide bonds. The van der Waals surface area contributed by atoms with E-state index in [0.717, 1.165) is 21.7 Å². The smallest absolute Gasteiger partial charge is 0.230 e. The second-order valence-electron chi connectivity index (χ2n) is 4.94. The van der Waals surface area contributed by atoms with Gasteiger partial charge in [0.25, 0.3) is 0 Å². The Labute approximate surface area is 126 Å². The van der Waals surface area contributed by atoms with Crippen LogP contribution < -0.4 is 0 Å². The molecule has 4 heteroatoms. The van der Waals surface area contributed by atoms with Crippen LogP contribution in [0.5, 0.6) is 0 Å². The highest BCUT2D eigenvalue weighted by molar-refractivity contribution is 6.17. The molecule has 0 fully saturated rings. The van der Waals surface area contributed by atoms with Gasteiger partial charge in [0.1, 0.15) is 11.4 Å². The number of fused-ring (bicyclic) bond motifs is 3. The fourth-order valence-electron chi connectivity index (χ4n) is 2.59. The maximum Gasteiger partial charge on any atom is 0.230 e. The molecule has 0 aliphatic rings. The molecule has 0 saturated heterocycles. The van der Waals surface area contributed by atoms with E-state index in [1.165, 1.54) is 0 Å². The van der Waals surface area contributed by atoms with E-state index in [9.17, 15) is 4.79 Å². The quantitative estimate of drug-likeness (QED) is 0.418. The van der Waals surface area contributed by atoms with Crippen molar-refractivity contribution in [1.82, 2.24) is 15.0 Å². The van der Waals surface area contributed by atoms with Crippen LogP contribution in [0.25, 0.3) is 21.7 Å². The van der Waals surface area contributed by atoms with Gasteiger partial charge in [-0.25, -0.2) is 0 Å². The number of pyridine rings is 3. The van der Waals surface area contributed by atoms with Crippen molar-refractivity contribution < 1.29 is 4.79 Å². The fraction of sp³-hybridized carbons (Fsp3) is 0. The Morgan fingerprint density at radius 3 is 2.45 bits per heavy atom. The summed E-state index contributed by atoms with van der Waals surface area (Å²) in [5.74, 6) is -0.191. The van der Waals surface area contributed by atoms with E-state index in [2.05, 4.69) is 15.0 Å². The van der Waals surface area contributed by atoms with E-state index >= 15 is 0 Å². The Balaban J connectivity index is 2.00. The van der Waals surface area contributed by atoms with Crippen LogP contribution in [0.1, 0.15) is 16.2 Å². The lowest BCUT2D eigenvalue weighted by molar-refractivity contribution is 0.103. The van der Waals surface area contributed by atoms with Crippen LogP contribution in [0.15, 0.2) is 67.1 Å². The Hall–Kier alpha value is -3.14. The van der Waals surface area contributed by atoms with Gasteiger partial charge in [0.2, 0.25) is 5.78 Å². The summed E-state index contributed by atoms with van der Waals surface area (Å²) in [4.78, 5) is 25.5. The number of para-hydroxylation sites is 1. The average molecular weight is 285 g/mol. The highest BCUT2D eigenvalue weighted by Gasteiger charge is 2.16. The van der Waals surface area contributed by atoms with Gasteiger partial charge in [-0.3, -0.25) is 19.7 Å². The number of nitrogens with zero attached hydrogens (tertiary/aromatic N) is 3. The van der Waals surface area contributed by atoms with Gasteiger partial charge < -0.3 is 0 Å². The van der Waals surface area contributed by atoms with Crippen LogP contribution in [-0.4, -0.2) is 20.7 Å². The first kappa shape index (κ1) is 12.6. The van der Waals surface area contributed by atoms with Crippen LogP contribution in [0.4, 0.5) is 0 Å². The number of ketones is 1. The number of hydrogen-bond donors (Lipinski definition) is 0. The van der Waals surface area contributed by atoms with Gasteiger partial charge in [-0.15, -0.1) is 0 Å². The first-order valence-electron chi connectivity index (χ1n) is 6.93. The summed E-state index contributed by atoms with van der Waals surface area (Å²) >= 11 is 0. The summed E-state index contributed by atoms with van der Waals surface area (Å²) in [6.45, 7) is 0. The molecule has 0 radical (unpaired) electrons. The van der Waals surface area contributed by atoms with Gasteiger partial charge in [0.05, 0.1) is 5.52 Å². The van der Waals surface area contributed by atoms with Crippen LogP contribution in [0.3, 0.4) is 0 Å². The Kier molecular flexibility index (Phi) is 2.86. The molecular formula is C18H11N3O. The average Bonchev–Trinajstić information content (AvgIpc) is 2.61. The standard InChI is InChI=1S/C18H11N3O/c22-18(16-7-3-4-9-19-16)17-14-11-21-15-6-2-1-5-13(15)12(14)8-10-20-17/h1-11H. The first-order chi connectivity index (χ1) is 10.8. The summed E-state index contributed by atoms with van der Waals surface area (Å²) in [5.41, 5.74) is 1.67. The van der Waals surface area contributed by atoms with Gasteiger partial charge in [0.15, 0.2) is 0 Å². The minimum Gasteiger partial charge on any atom is -0.285 e. The number of hydrogen-bond acceptors (Lipinski definition) is 4. The van der Waals surface area contributed by atoms with Crippen LogP contribution in [0.2, 0.25) is 0 Å². The van der Waals surface area contributed by atoms with E-state index in [1.54, 1.807) is 36.8 Å². The van der Waals surface area contributed by atoms with Crippen molar-refractivity contribution in [2.75, 3.05) is 0 Å². The molecule has 4 aromatic rings. The molecule has 3 aromatic heterocycles. The third-order valence-corrected chi connectivity index (χ3v) is 3.63. The molecule has 4 rings (SSSR count). The maximum atomic E-state index is 12.6. The number of rotatable bonds is 2. The molecule has 0 aliphatic carbocycles. The summed E-state index contributed by atoms with van der Waals surface area (Å²) in [6, 6.07) is 15.0. The zero-order chi connectivity index (χ0) is 14.9. The molecule has 0 saturated carbocycles. The predicted molar refractivity (Wildman–Crippen MR) is 84.7 cm³/mol. The van der Waals surface area contributed by atoms with E-state index in [-0.39, 0.29) is 5.78 Å². The minimum atomic E-state index is -0.191. The largest absolute Gasteiger partial charge is 0.285 e. The summed E-state index contributed by atoms with van der Waals surface area (Å²) in [5, 5.41) is 2.73. The fourth-order valence-corrected chi connectivity index (χ4v) is 2.59. The lowest BCUT2D eigenvalue weighted by Crippen LogP contribution is -2.07. The zero-order valence-electron chi connectivity index (χ0n) is 11.6. The van der Waals surface area contributed by atoms with Crippen LogP contribution in [0, 0.1) is 0 Å². The lowest BCUT2D eigenvalue weighted by atomic mass is 10.0. The van der Waals surface area contributed by atoms with E-state index < -0.39 is 0 Å². The SMILES string of the molecule is O=C(c1ccccn1)c1nccc2c1cnc1ccccc12. The molecule has 0 spiro atoms. The molecular weight excluding hydrogens is 274 g/mol. The monoisotopic (exact) mass is 285 g/mol. The van der Waals surface area contributed by atoms with Crippen LogP contribution in [-0.2, 0) is 0 Å². The second kappa shape index (κ2) is 5.00. The van der Waals surface area contributed by atoms with Gasteiger partial charge in [-0.05, 0) is 29.7 Å². The molecule has 1 aromatic carbocycles. The zero-order valence-corrected chi connectivity index (χ0v) is 11.6. The van der Waals surface area contributed by atoms with Gasteiger partial charge in [-0.1, -0.05) is 24.3 Å². The van der Waals surface area contributed by atoms with Gasteiger partial charge >= 0.3 is 0 Å². The summed E-state index contributed by atoms with van der Waals surface area (Å²) in [7, 11) is 0. The number of aromatic nitrogens is 3. The van der Waals surface area contributed by atoms with Gasteiger partial charge in [0, 0.05) is 29.4 Å². The topological polar surface area (TPSA) is 55.7 Å². The molecule has 0 aliphatic heterocycles. The molecule has 22 heavy (non-hydrogen) atoms. The van der Waals surface area contributed by atoms with E-state index in [4.69, 9.17) is 0 Å². The van der Waals surface area contributed by atoms with Crippen molar-refractivity contribution in [2.24, 2.45) is 0 Å². The van der Waals surface area contributed by atoms with Gasteiger partial charge in [-0.2, -0.15) is 0 Å². The number of benzene rings is 1. The lowest BCUT2D eigenvalue weighted by Gasteiger charge is -2.06. The predicted octanol–water partition coefficient (Wildman–Crippen LogP) is 3.41. The van der Waals surface area contributed by atoms with Crippen molar-refractivity contribution >= 4 is 27.5 Å². The van der Waals surface area contributed by atoms with Crippen molar-refractivity contribution in [2.45, 2.75) is 0 Å². The first-order valence-corrected chi connectivity index (χ1v) is 6.93. The summed E-state index contributed by atoms with van der Waals surface area (Å²) < 4.78 is 0.